The lowest BCUT2D eigenvalue weighted by molar-refractivity contribution is -0.130. The van der Waals surface area contributed by atoms with Crippen LogP contribution in [0, 0.1) is 5.82 Å². The summed E-state index contributed by atoms with van der Waals surface area (Å²) in [5, 5.41) is 3.08. The van der Waals surface area contributed by atoms with Crippen LogP contribution in [-0.4, -0.2) is 38.1 Å². The zero-order valence-electron chi connectivity index (χ0n) is 12.0. The van der Waals surface area contributed by atoms with Gasteiger partial charge in [-0.15, -0.1) is 0 Å². The van der Waals surface area contributed by atoms with E-state index in [9.17, 15) is 9.18 Å². The average Bonchev–Trinajstić information content (AvgIpc) is 2.36. The minimum atomic E-state index is -0.369. The molecule has 0 heterocycles. The molecule has 1 aromatic carbocycles. The highest BCUT2D eigenvalue weighted by Gasteiger charge is 2.19. The van der Waals surface area contributed by atoms with Gasteiger partial charge in [0.1, 0.15) is 11.6 Å². The first-order chi connectivity index (χ1) is 8.86. The van der Waals surface area contributed by atoms with Crippen molar-refractivity contribution in [1.29, 1.82) is 0 Å². The van der Waals surface area contributed by atoms with Gasteiger partial charge in [-0.25, -0.2) is 4.39 Å². The van der Waals surface area contributed by atoms with E-state index < -0.39 is 0 Å². The van der Waals surface area contributed by atoms with Crippen LogP contribution in [0.5, 0.6) is 5.75 Å². The summed E-state index contributed by atoms with van der Waals surface area (Å²) in [5.74, 6) is 0.0930. The van der Waals surface area contributed by atoms with Gasteiger partial charge in [-0.05, 0) is 19.9 Å². The molecule has 0 saturated heterocycles. The lowest BCUT2D eigenvalue weighted by Crippen LogP contribution is -2.42. The monoisotopic (exact) mass is 268 g/mol. The topological polar surface area (TPSA) is 41.6 Å². The maximum Gasteiger partial charge on any atom is 0.238 e. The third kappa shape index (κ3) is 3.92. The van der Waals surface area contributed by atoms with Gasteiger partial charge in [-0.2, -0.15) is 0 Å². The molecule has 106 valence electrons. The Hall–Kier alpha value is -1.62. The normalized spacial score (nSPS) is 13.8. The summed E-state index contributed by atoms with van der Waals surface area (Å²) in [6.07, 6.45) is 0. The minimum Gasteiger partial charge on any atom is -0.497 e. The molecule has 1 aromatic rings. The molecule has 1 amide bonds. The fraction of sp³-hybridized carbons (Fsp3) is 0.500. The van der Waals surface area contributed by atoms with Crippen LogP contribution < -0.4 is 10.1 Å². The molecule has 0 aliphatic carbocycles. The van der Waals surface area contributed by atoms with Crippen molar-refractivity contribution in [2.24, 2.45) is 0 Å². The highest BCUT2D eigenvalue weighted by Crippen LogP contribution is 2.22. The summed E-state index contributed by atoms with van der Waals surface area (Å²) in [7, 11) is 4.88. The number of ether oxygens (including phenoxy) is 1. The lowest BCUT2D eigenvalue weighted by Gasteiger charge is -2.22. The molecule has 1 N–H and O–H groups in total. The Bertz CT molecular complexity index is 449. The molecule has 0 radical (unpaired) electrons. The van der Waals surface area contributed by atoms with E-state index >= 15 is 0 Å². The first kappa shape index (κ1) is 15.4. The molecule has 19 heavy (non-hydrogen) atoms. The Morgan fingerprint density at radius 1 is 1.37 bits per heavy atom. The summed E-state index contributed by atoms with van der Waals surface area (Å²) in [5.41, 5.74) is 0.513. The Kier molecular flexibility index (Phi) is 5.30. The number of benzene rings is 1. The predicted molar refractivity (Wildman–Crippen MR) is 72.7 cm³/mol. The number of carbonyl (C=O) groups is 1. The van der Waals surface area contributed by atoms with Crippen molar-refractivity contribution in [3.05, 3.63) is 29.6 Å². The van der Waals surface area contributed by atoms with Gasteiger partial charge in [0.2, 0.25) is 5.91 Å². The Morgan fingerprint density at radius 3 is 2.47 bits per heavy atom. The zero-order valence-corrected chi connectivity index (χ0v) is 12.0. The Labute approximate surface area is 113 Å². The second-order valence-electron chi connectivity index (χ2n) is 4.73. The second kappa shape index (κ2) is 6.52. The molecule has 0 aliphatic heterocycles. The van der Waals surface area contributed by atoms with Crippen LogP contribution in [-0.2, 0) is 4.79 Å². The van der Waals surface area contributed by atoms with Crippen molar-refractivity contribution < 1.29 is 13.9 Å². The first-order valence-corrected chi connectivity index (χ1v) is 6.17. The van der Waals surface area contributed by atoms with Crippen molar-refractivity contribution in [3.8, 4) is 5.75 Å². The number of methoxy groups -OCH3 is 1. The van der Waals surface area contributed by atoms with Gasteiger partial charge in [0.05, 0.1) is 13.2 Å². The highest BCUT2D eigenvalue weighted by atomic mass is 19.1. The van der Waals surface area contributed by atoms with Gasteiger partial charge >= 0.3 is 0 Å². The summed E-state index contributed by atoms with van der Waals surface area (Å²) >= 11 is 0. The summed E-state index contributed by atoms with van der Waals surface area (Å²) in [4.78, 5) is 13.3. The van der Waals surface area contributed by atoms with E-state index in [1.54, 1.807) is 33.2 Å². The molecule has 0 aliphatic rings. The van der Waals surface area contributed by atoms with Crippen molar-refractivity contribution in [2.75, 3.05) is 21.2 Å². The smallest absolute Gasteiger partial charge is 0.238 e. The molecule has 0 saturated carbocycles. The maximum atomic E-state index is 13.9. The number of nitrogens with one attached hydrogen (secondary N) is 1. The number of hydrogen-bond acceptors (Lipinski definition) is 3. The van der Waals surface area contributed by atoms with E-state index in [0.717, 1.165) is 0 Å². The molecular weight excluding hydrogens is 247 g/mol. The maximum absolute atomic E-state index is 13.9. The van der Waals surface area contributed by atoms with Crippen LogP contribution in [0.1, 0.15) is 25.5 Å². The summed E-state index contributed by atoms with van der Waals surface area (Å²) < 4.78 is 18.8. The third-order valence-corrected chi connectivity index (χ3v) is 2.99. The first-order valence-electron chi connectivity index (χ1n) is 6.17. The predicted octanol–water partition coefficient (Wildman–Crippen LogP) is 1.96. The van der Waals surface area contributed by atoms with Crippen LogP contribution in [0.15, 0.2) is 18.2 Å². The van der Waals surface area contributed by atoms with E-state index in [1.165, 1.54) is 18.1 Å². The number of likely N-dealkylation sites (N-methyl/N-ethyl adjacent to an activating group) is 1. The zero-order chi connectivity index (χ0) is 14.6. The molecule has 1 rings (SSSR count). The number of rotatable bonds is 5. The highest BCUT2D eigenvalue weighted by molar-refractivity contribution is 5.80. The van der Waals surface area contributed by atoms with E-state index in [2.05, 4.69) is 5.32 Å². The number of carbonyl (C=O) groups excluding carboxylic acids is 1. The minimum absolute atomic E-state index is 0.0410. The lowest BCUT2D eigenvalue weighted by atomic mass is 10.1. The number of nitrogens with zero attached hydrogens (tertiary/aromatic N) is 1. The number of halogens is 1. The van der Waals surface area contributed by atoms with Gasteiger partial charge in [0.15, 0.2) is 0 Å². The Morgan fingerprint density at radius 2 is 2.00 bits per heavy atom. The Balaban J connectivity index is 2.78. The van der Waals surface area contributed by atoms with Gasteiger partial charge in [-0.3, -0.25) is 10.1 Å². The molecule has 0 bridgehead atoms. The average molecular weight is 268 g/mol. The fourth-order valence-corrected chi connectivity index (χ4v) is 1.91. The molecule has 0 fully saturated rings. The van der Waals surface area contributed by atoms with Crippen molar-refractivity contribution in [3.63, 3.8) is 0 Å². The van der Waals surface area contributed by atoms with Crippen molar-refractivity contribution in [1.82, 2.24) is 10.2 Å². The van der Waals surface area contributed by atoms with Gasteiger partial charge < -0.3 is 9.64 Å². The fourth-order valence-electron chi connectivity index (χ4n) is 1.91. The molecule has 0 spiro atoms. The van der Waals surface area contributed by atoms with Gasteiger partial charge in [0.25, 0.3) is 0 Å². The van der Waals surface area contributed by atoms with Crippen LogP contribution in [0.2, 0.25) is 0 Å². The van der Waals surface area contributed by atoms with Crippen molar-refractivity contribution in [2.45, 2.75) is 25.9 Å². The van der Waals surface area contributed by atoms with E-state index in [-0.39, 0.29) is 23.8 Å². The van der Waals surface area contributed by atoms with Crippen LogP contribution in [0.3, 0.4) is 0 Å². The number of hydrogen-bond donors (Lipinski definition) is 1. The van der Waals surface area contributed by atoms with Crippen LogP contribution >= 0.6 is 0 Å². The van der Waals surface area contributed by atoms with Gasteiger partial charge in [-0.1, -0.05) is 6.07 Å². The second-order valence-corrected chi connectivity index (χ2v) is 4.73. The standard InChI is InChI=1S/C14H21FN2O2/c1-9(16-10(2)14(18)17(3)4)12-7-6-11(19-5)8-13(12)15/h6-10,16H,1-5H3. The largest absolute Gasteiger partial charge is 0.497 e. The van der Waals surface area contributed by atoms with E-state index in [0.29, 0.717) is 11.3 Å². The van der Waals surface area contributed by atoms with Gasteiger partial charge in [0, 0.05) is 31.8 Å². The van der Waals surface area contributed by atoms with Crippen LogP contribution in [0.4, 0.5) is 4.39 Å². The summed E-state index contributed by atoms with van der Waals surface area (Å²) in [6, 6.07) is 4.08. The molecular formula is C14H21FN2O2. The molecule has 2 unspecified atom stereocenters. The third-order valence-electron chi connectivity index (χ3n) is 2.99. The number of amides is 1. The SMILES string of the molecule is COc1ccc(C(C)NC(C)C(=O)N(C)C)c(F)c1. The molecule has 4 nitrogen and oxygen atoms in total. The molecule has 2 atom stereocenters. The van der Waals surface area contributed by atoms with Crippen molar-refractivity contribution >= 4 is 5.91 Å². The van der Waals surface area contributed by atoms with E-state index in [1.807, 2.05) is 6.92 Å². The van der Waals surface area contributed by atoms with Crippen LogP contribution in [0.25, 0.3) is 0 Å². The van der Waals surface area contributed by atoms with E-state index in [4.69, 9.17) is 4.74 Å². The quantitative estimate of drug-likeness (QED) is 0.887. The summed E-state index contributed by atoms with van der Waals surface area (Å²) in [6.45, 7) is 3.59. The molecule has 0 aromatic heterocycles. The molecule has 5 heteroatoms.